The number of ether oxygens (including phenoxy) is 3. The van der Waals surface area contributed by atoms with Gasteiger partial charge in [0.25, 0.3) is 0 Å². The number of imidazole rings is 1. The summed E-state index contributed by atoms with van der Waals surface area (Å²) >= 11 is 0. The number of hydrogen-bond donors (Lipinski definition) is 2. The maximum absolute atomic E-state index is 12.9. The summed E-state index contributed by atoms with van der Waals surface area (Å²) in [5, 5.41) is 6.02. The SMILES string of the molecule is COc1cccc([C@@H](NC(=O)N[C@H](C)c2ccc3c(c2)OCO3)c2nccn2C)c1. The fourth-order valence-corrected chi connectivity index (χ4v) is 3.41. The second-order valence-corrected chi connectivity index (χ2v) is 7.06. The second kappa shape index (κ2) is 8.36. The highest BCUT2D eigenvalue weighted by molar-refractivity contribution is 5.75. The van der Waals surface area contributed by atoms with Gasteiger partial charge in [0.05, 0.1) is 13.2 Å². The van der Waals surface area contributed by atoms with Crippen molar-refractivity contribution in [3.8, 4) is 17.2 Å². The van der Waals surface area contributed by atoms with Gasteiger partial charge in [0.15, 0.2) is 11.5 Å². The third kappa shape index (κ3) is 4.03. The summed E-state index contributed by atoms with van der Waals surface area (Å²) in [6.45, 7) is 2.13. The smallest absolute Gasteiger partial charge is 0.316 e. The third-order valence-electron chi connectivity index (χ3n) is 5.06. The number of rotatable bonds is 6. The number of methoxy groups -OCH3 is 1. The number of carbonyl (C=O) groups is 1. The van der Waals surface area contributed by atoms with Gasteiger partial charge in [-0.3, -0.25) is 0 Å². The van der Waals surface area contributed by atoms with Gasteiger partial charge in [0, 0.05) is 19.4 Å². The van der Waals surface area contributed by atoms with Crippen LogP contribution in [0.4, 0.5) is 4.79 Å². The molecule has 4 rings (SSSR count). The summed E-state index contributed by atoms with van der Waals surface area (Å²) < 4.78 is 18.0. The van der Waals surface area contributed by atoms with Crippen LogP contribution in [0.1, 0.15) is 36.0 Å². The minimum Gasteiger partial charge on any atom is -0.497 e. The molecule has 2 heterocycles. The third-order valence-corrected chi connectivity index (χ3v) is 5.06. The zero-order valence-corrected chi connectivity index (χ0v) is 17.1. The number of aryl methyl sites for hydroxylation is 1. The molecular formula is C22H24N4O4. The van der Waals surface area contributed by atoms with E-state index >= 15 is 0 Å². The van der Waals surface area contributed by atoms with Crippen molar-refractivity contribution in [3.05, 3.63) is 71.8 Å². The van der Waals surface area contributed by atoms with E-state index in [1.807, 2.05) is 67.2 Å². The van der Waals surface area contributed by atoms with E-state index in [2.05, 4.69) is 15.6 Å². The van der Waals surface area contributed by atoms with Crippen LogP contribution in [0, 0.1) is 0 Å². The summed E-state index contributed by atoms with van der Waals surface area (Å²) in [7, 11) is 3.51. The van der Waals surface area contributed by atoms with Crippen molar-refractivity contribution in [1.29, 1.82) is 0 Å². The van der Waals surface area contributed by atoms with E-state index < -0.39 is 6.04 Å². The molecule has 0 saturated carbocycles. The largest absolute Gasteiger partial charge is 0.497 e. The lowest BCUT2D eigenvalue weighted by atomic mass is 10.1. The second-order valence-electron chi connectivity index (χ2n) is 7.06. The number of nitrogens with zero attached hydrogens (tertiary/aromatic N) is 2. The Bertz CT molecular complexity index is 1050. The molecule has 0 fully saturated rings. The number of benzene rings is 2. The fraction of sp³-hybridized carbons (Fsp3) is 0.273. The molecule has 0 unspecified atom stereocenters. The van der Waals surface area contributed by atoms with Crippen LogP contribution in [0.15, 0.2) is 54.9 Å². The zero-order chi connectivity index (χ0) is 21.1. The summed E-state index contributed by atoms with van der Waals surface area (Å²) in [4.78, 5) is 17.3. The highest BCUT2D eigenvalue weighted by atomic mass is 16.7. The van der Waals surface area contributed by atoms with Crippen molar-refractivity contribution < 1.29 is 19.0 Å². The number of urea groups is 1. The van der Waals surface area contributed by atoms with Gasteiger partial charge in [0.1, 0.15) is 17.6 Å². The molecule has 8 heteroatoms. The van der Waals surface area contributed by atoms with Crippen LogP contribution in [0.25, 0.3) is 0 Å². The van der Waals surface area contributed by atoms with Crippen molar-refractivity contribution in [2.24, 2.45) is 7.05 Å². The Labute approximate surface area is 174 Å². The molecule has 156 valence electrons. The predicted molar refractivity (Wildman–Crippen MR) is 111 cm³/mol. The van der Waals surface area contributed by atoms with Gasteiger partial charge in [-0.2, -0.15) is 0 Å². The van der Waals surface area contributed by atoms with Crippen LogP contribution >= 0.6 is 0 Å². The lowest BCUT2D eigenvalue weighted by Gasteiger charge is -2.22. The van der Waals surface area contributed by atoms with Gasteiger partial charge in [-0.15, -0.1) is 0 Å². The molecule has 30 heavy (non-hydrogen) atoms. The van der Waals surface area contributed by atoms with E-state index in [1.54, 1.807) is 13.3 Å². The van der Waals surface area contributed by atoms with Crippen molar-refractivity contribution in [3.63, 3.8) is 0 Å². The van der Waals surface area contributed by atoms with Crippen LogP contribution in [0.5, 0.6) is 17.2 Å². The maximum atomic E-state index is 12.9. The van der Waals surface area contributed by atoms with E-state index in [0.29, 0.717) is 23.1 Å². The number of hydrogen-bond acceptors (Lipinski definition) is 5. The Morgan fingerprint density at radius 2 is 1.97 bits per heavy atom. The Balaban J connectivity index is 1.52. The Morgan fingerprint density at radius 1 is 1.13 bits per heavy atom. The normalized spacial score (nSPS) is 14.1. The molecule has 0 spiro atoms. The zero-order valence-electron chi connectivity index (χ0n) is 17.1. The first-order valence-electron chi connectivity index (χ1n) is 9.63. The van der Waals surface area contributed by atoms with Crippen LogP contribution in [-0.2, 0) is 7.05 Å². The van der Waals surface area contributed by atoms with Crippen molar-refractivity contribution >= 4 is 6.03 Å². The van der Waals surface area contributed by atoms with Crippen LogP contribution in [0.2, 0.25) is 0 Å². The van der Waals surface area contributed by atoms with E-state index in [9.17, 15) is 4.79 Å². The minimum absolute atomic E-state index is 0.215. The summed E-state index contributed by atoms with van der Waals surface area (Å²) in [6, 6.07) is 12.2. The molecule has 8 nitrogen and oxygen atoms in total. The molecule has 0 radical (unpaired) electrons. The predicted octanol–water partition coefficient (Wildman–Crippen LogP) is 3.31. The van der Waals surface area contributed by atoms with Gasteiger partial charge in [0.2, 0.25) is 6.79 Å². The van der Waals surface area contributed by atoms with E-state index in [1.165, 1.54) is 0 Å². The van der Waals surface area contributed by atoms with E-state index in [4.69, 9.17) is 14.2 Å². The molecule has 0 saturated heterocycles. The number of nitrogens with one attached hydrogen (secondary N) is 2. The lowest BCUT2D eigenvalue weighted by Crippen LogP contribution is -2.40. The van der Waals surface area contributed by atoms with Crippen molar-refractivity contribution in [2.75, 3.05) is 13.9 Å². The van der Waals surface area contributed by atoms with E-state index in [-0.39, 0.29) is 18.9 Å². The molecule has 1 aliphatic heterocycles. The van der Waals surface area contributed by atoms with Gasteiger partial charge in [-0.05, 0) is 42.3 Å². The average Bonchev–Trinajstić information content (AvgIpc) is 3.40. The number of aromatic nitrogens is 2. The lowest BCUT2D eigenvalue weighted by molar-refractivity contribution is 0.174. The summed E-state index contributed by atoms with van der Waals surface area (Å²) in [5.41, 5.74) is 1.79. The highest BCUT2D eigenvalue weighted by Crippen LogP contribution is 2.34. The molecule has 1 aromatic heterocycles. The molecule has 0 bridgehead atoms. The fourth-order valence-electron chi connectivity index (χ4n) is 3.41. The van der Waals surface area contributed by atoms with Gasteiger partial charge in [-0.25, -0.2) is 9.78 Å². The van der Waals surface area contributed by atoms with Gasteiger partial charge in [-0.1, -0.05) is 18.2 Å². The van der Waals surface area contributed by atoms with Gasteiger partial charge >= 0.3 is 6.03 Å². The number of fused-ring (bicyclic) bond motifs is 1. The molecule has 0 aliphatic carbocycles. The topological polar surface area (TPSA) is 86.6 Å². The van der Waals surface area contributed by atoms with E-state index in [0.717, 1.165) is 11.1 Å². The monoisotopic (exact) mass is 408 g/mol. The molecule has 2 atom stereocenters. The molecule has 2 N–H and O–H groups in total. The van der Waals surface area contributed by atoms with Crippen LogP contribution in [0.3, 0.4) is 0 Å². The van der Waals surface area contributed by atoms with Crippen LogP contribution < -0.4 is 24.8 Å². The first-order chi connectivity index (χ1) is 14.5. The first kappa shape index (κ1) is 19.6. The molecule has 2 aromatic carbocycles. The minimum atomic E-state index is -0.441. The quantitative estimate of drug-likeness (QED) is 0.654. The number of carbonyl (C=O) groups excluding carboxylic acids is 1. The Kier molecular flexibility index (Phi) is 5.47. The molecular weight excluding hydrogens is 384 g/mol. The average molecular weight is 408 g/mol. The number of amides is 2. The standard InChI is InChI=1S/C22H24N4O4/c1-14(15-7-8-18-19(12-15)30-13-29-18)24-22(27)25-20(21-23-9-10-26(21)2)16-5-4-6-17(11-16)28-3/h4-12,14,20H,13H2,1-3H3,(H2,24,25,27)/t14-,20-/m1/s1. The van der Waals surface area contributed by atoms with Crippen molar-refractivity contribution in [2.45, 2.75) is 19.0 Å². The van der Waals surface area contributed by atoms with Crippen molar-refractivity contribution in [1.82, 2.24) is 20.2 Å². The highest BCUT2D eigenvalue weighted by Gasteiger charge is 2.23. The summed E-state index contributed by atoms with van der Waals surface area (Å²) in [6.07, 6.45) is 3.55. The summed E-state index contributed by atoms with van der Waals surface area (Å²) in [5.74, 6) is 2.82. The Morgan fingerprint density at radius 3 is 2.73 bits per heavy atom. The maximum Gasteiger partial charge on any atom is 0.316 e. The Hall–Kier alpha value is -3.68. The molecule has 1 aliphatic rings. The van der Waals surface area contributed by atoms with Crippen LogP contribution in [-0.4, -0.2) is 29.5 Å². The van der Waals surface area contributed by atoms with Gasteiger partial charge < -0.3 is 29.4 Å². The first-order valence-corrected chi connectivity index (χ1v) is 9.63. The molecule has 3 aromatic rings. The molecule has 2 amide bonds.